The Morgan fingerprint density at radius 1 is 1.14 bits per heavy atom. The predicted octanol–water partition coefficient (Wildman–Crippen LogP) is 4.98. The van der Waals surface area contributed by atoms with Gasteiger partial charge in [-0.25, -0.2) is 4.79 Å². The van der Waals surface area contributed by atoms with Crippen molar-refractivity contribution in [1.82, 2.24) is 4.90 Å². The van der Waals surface area contributed by atoms with E-state index in [2.05, 4.69) is 47.0 Å². The molecule has 0 aromatic heterocycles. The molecule has 1 amide bonds. The highest BCUT2D eigenvalue weighted by molar-refractivity contribution is 6.74. The van der Waals surface area contributed by atoms with Gasteiger partial charge in [-0.2, -0.15) is 0 Å². The first-order valence-electron chi connectivity index (χ1n) is 9.67. The third kappa shape index (κ3) is 8.90. The fourth-order valence-electron chi connectivity index (χ4n) is 2.16. The van der Waals surface area contributed by atoms with Crippen molar-refractivity contribution in [1.29, 1.82) is 0 Å². The summed E-state index contributed by atoms with van der Waals surface area (Å²) in [7, 11) is -0.481. The van der Waals surface area contributed by atoms with E-state index in [4.69, 9.17) is 18.6 Å². The monoisotopic (exact) mass is 415 g/mol. The summed E-state index contributed by atoms with van der Waals surface area (Å²) in [5, 5.41) is 0.0454. The van der Waals surface area contributed by atoms with Gasteiger partial charge in [0.1, 0.15) is 18.5 Å². The minimum absolute atomic E-state index is 0.0454. The first-order chi connectivity index (χ1) is 12.7. The van der Waals surface area contributed by atoms with E-state index in [-0.39, 0.29) is 11.8 Å². The molecule has 0 radical (unpaired) electrons. The average molecular weight is 416 g/mol. The minimum atomic E-state index is -2.03. The van der Waals surface area contributed by atoms with Gasteiger partial charge in [0.15, 0.2) is 8.32 Å². The summed E-state index contributed by atoms with van der Waals surface area (Å²) in [5.74, 6) is 0. The molecule has 2 atom stereocenters. The fraction of sp³-hybridized carbons (Fsp3) is 0.762. The van der Waals surface area contributed by atoms with Crippen LogP contribution in [0.4, 0.5) is 4.79 Å². The second-order valence-electron chi connectivity index (χ2n) is 9.33. The molecule has 0 unspecified atom stereocenters. The molecule has 0 aliphatic carbocycles. The van der Waals surface area contributed by atoms with Gasteiger partial charge in [-0.05, 0) is 38.9 Å². The lowest BCUT2D eigenvalue weighted by Crippen LogP contribution is -2.54. The summed E-state index contributed by atoms with van der Waals surface area (Å²) in [4.78, 5) is 14.5. The molecule has 0 spiro atoms. The van der Waals surface area contributed by atoms with Crippen LogP contribution in [0.25, 0.3) is 0 Å². The van der Waals surface area contributed by atoms with Crippen LogP contribution in [0.3, 0.4) is 0 Å². The maximum atomic E-state index is 12.9. The Morgan fingerprint density at radius 3 is 2.11 bits per heavy atom. The lowest BCUT2D eigenvalue weighted by atomic mass is 10.1. The highest BCUT2D eigenvalue weighted by Crippen LogP contribution is 2.37. The van der Waals surface area contributed by atoms with Crippen molar-refractivity contribution in [2.45, 2.75) is 77.4 Å². The zero-order chi connectivity index (χ0) is 22.2. The van der Waals surface area contributed by atoms with Gasteiger partial charge < -0.3 is 18.6 Å². The molecule has 0 aliphatic rings. The summed E-state index contributed by atoms with van der Waals surface area (Å²) in [5.41, 5.74) is -0.613. The van der Waals surface area contributed by atoms with Crippen LogP contribution < -0.4 is 0 Å². The van der Waals surface area contributed by atoms with Crippen LogP contribution in [0.2, 0.25) is 18.1 Å². The van der Waals surface area contributed by atoms with E-state index in [0.717, 1.165) is 0 Å². The van der Waals surface area contributed by atoms with Crippen LogP contribution in [0.1, 0.15) is 41.5 Å². The van der Waals surface area contributed by atoms with Crippen LogP contribution in [0, 0.1) is 0 Å². The molecule has 0 N–H and O–H groups in total. The molecule has 0 saturated carbocycles. The lowest BCUT2D eigenvalue weighted by Gasteiger charge is -2.41. The van der Waals surface area contributed by atoms with Crippen molar-refractivity contribution < 1.29 is 23.4 Å². The van der Waals surface area contributed by atoms with Crippen LogP contribution in [0.5, 0.6) is 0 Å². The van der Waals surface area contributed by atoms with E-state index in [0.29, 0.717) is 13.2 Å². The summed E-state index contributed by atoms with van der Waals surface area (Å²) < 4.78 is 22.8. The molecule has 28 heavy (non-hydrogen) atoms. The topological polar surface area (TPSA) is 57.2 Å². The second kappa shape index (κ2) is 11.1. The smallest absolute Gasteiger partial charge is 0.411 e. The molecule has 6 nitrogen and oxygen atoms in total. The van der Waals surface area contributed by atoms with Gasteiger partial charge in [0.2, 0.25) is 0 Å². The molecule has 0 rings (SSSR count). The van der Waals surface area contributed by atoms with Crippen molar-refractivity contribution in [3.8, 4) is 0 Å². The molecular weight excluding hydrogens is 374 g/mol. The number of methoxy groups -OCH3 is 1. The summed E-state index contributed by atoms with van der Waals surface area (Å²) in [6.45, 7) is 24.8. The Kier molecular flexibility index (Phi) is 10.7. The molecule has 0 saturated heterocycles. The number of hydrogen-bond acceptors (Lipinski definition) is 5. The van der Waals surface area contributed by atoms with Crippen LogP contribution in [-0.2, 0) is 18.6 Å². The largest absolute Gasteiger partial charge is 0.444 e. The Labute approximate surface area is 173 Å². The van der Waals surface area contributed by atoms with Crippen molar-refractivity contribution in [3.05, 3.63) is 25.3 Å². The second-order valence-corrected chi connectivity index (χ2v) is 14.1. The highest BCUT2D eigenvalue weighted by Gasteiger charge is 2.40. The van der Waals surface area contributed by atoms with Crippen LogP contribution in [-0.4, -0.2) is 64.1 Å². The predicted molar refractivity (Wildman–Crippen MR) is 117 cm³/mol. The highest BCUT2D eigenvalue weighted by atomic mass is 28.4. The maximum absolute atomic E-state index is 12.9. The Balaban J connectivity index is 5.77. The Morgan fingerprint density at radius 2 is 1.71 bits per heavy atom. The molecule has 0 fully saturated rings. The standard InChI is InChI=1S/C21H41NO5Si/c1-12-14-22(19(23)27-20(3,4)5)17(18(13-2)25-16-24-9)15-26-28(10,11)21(6,7)8/h12-13,17-18H,1-2,14-16H2,3-11H3/t17-,18+/m0/s1. The third-order valence-electron chi connectivity index (χ3n) is 4.77. The van der Waals surface area contributed by atoms with Gasteiger partial charge in [0.25, 0.3) is 0 Å². The molecule has 7 heteroatoms. The first-order valence-corrected chi connectivity index (χ1v) is 12.6. The molecule has 0 aromatic carbocycles. The van der Waals surface area contributed by atoms with Crippen molar-refractivity contribution in [2.75, 3.05) is 27.1 Å². The summed E-state index contributed by atoms with van der Waals surface area (Å²) >= 11 is 0. The quantitative estimate of drug-likeness (QED) is 0.271. The Hall–Kier alpha value is -1.15. The SMILES string of the molecule is C=CCN(C(=O)OC(C)(C)C)[C@@H](CO[Si](C)(C)C(C)(C)C)[C@@H](C=C)OCOC. The van der Waals surface area contributed by atoms with Gasteiger partial charge in [0, 0.05) is 13.7 Å². The average Bonchev–Trinajstić information content (AvgIpc) is 2.53. The van der Waals surface area contributed by atoms with Crippen molar-refractivity contribution >= 4 is 14.4 Å². The zero-order valence-corrected chi connectivity index (χ0v) is 20.3. The van der Waals surface area contributed by atoms with Crippen molar-refractivity contribution in [2.24, 2.45) is 0 Å². The first kappa shape index (κ1) is 26.8. The summed E-state index contributed by atoms with van der Waals surface area (Å²) in [6.07, 6.45) is 2.42. The van der Waals surface area contributed by atoms with E-state index in [1.54, 1.807) is 24.2 Å². The normalized spacial score (nSPS) is 14.9. The maximum Gasteiger partial charge on any atom is 0.411 e. The number of hydrogen-bond donors (Lipinski definition) is 0. The molecule has 0 aromatic rings. The van der Waals surface area contributed by atoms with E-state index in [9.17, 15) is 4.79 Å². The van der Waals surface area contributed by atoms with E-state index in [1.165, 1.54) is 0 Å². The number of carbonyl (C=O) groups excluding carboxylic acids is 1. The lowest BCUT2D eigenvalue weighted by molar-refractivity contribution is -0.0878. The van der Waals surface area contributed by atoms with Gasteiger partial charge in [-0.15, -0.1) is 13.2 Å². The zero-order valence-electron chi connectivity index (χ0n) is 19.3. The summed E-state index contributed by atoms with van der Waals surface area (Å²) in [6, 6.07) is -0.422. The van der Waals surface area contributed by atoms with Gasteiger partial charge >= 0.3 is 6.09 Å². The Bertz CT molecular complexity index is 508. The van der Waals surface area contributed by atoms with Gasteiger partial charge in [-0.3, -0.25) is 4.90 Å². The number of carbonyl (C=O) groups is 1. The molecule has 0 aliphatic heterocycles. The molecule has 0 heterocycles. The van der Waals surface area contributed by atoms with Crippen LogP contribution in [0.15, 0.2) is 25.3 Å². The van der Waals surface area contributed by atoms with Gasteiger partial charge in [-0.1, -0.05) is 32.9 Å². The van der Waals surface area contributed by atoms with Crippen molar-refractivity contribution in [3.63, 3.8) is 0 Å². The number of nitrogens with zero attached hydrogens (tertiary/aromatic N) is 1. The van der Waals surface area contributed by atoms with E-state index in [1.807, 2.05) is 20.8 Å². The minimum Gasteiger partial charge on any atom is -0.444 e. The van der Waals surface area contributed by atoms with Crippen LogP contribution >= 0.6 is 0 Å². The molecule has 164 valence electrons. The van der Waals surface area contributed by atoms with Gasteiger partial charge in [0.05, 0.1) is 12.6 Å². The number of amides is 1. The molecular formula is C21H41NO5Si. The van der Waals surface area contributed by atoms with E-state index < -0.39 is 32.2 Å². The number of ether oxygens (including phenoxy) is 3. The third-order valence-corrected chi connectivity index (χ3v) is 9.27. The fourth-order valence-corrected chi connectivity index (χ4v) is 3.18. The number of rotatable bonds is 11. The van der Waals surface area contributed by atoms with E-state index >= 15 is 0 Å². The molecule has 0 bridgehead atoms.